The Balaban J connectivity index is 1.72. The molecule has 0 bridgehead atoms. The maximum atomic E-state index is 13.6. The second-order valence-electron chi connectivity index (χ2n) is 7.99. The van der Waals surface area contributed by atoms with E-state index in [0.717, 1.165) is 12.0 Å². The van der Waals surface area contributed by atoms with E-state index in [-0.39, 0.29) is 23.6 Å². The van der Waals surface area contributed by atoms with E-state index in [9.17, 15) is 14.4 Å². The van der Waals surface area contributed by atoms with E-state index in [0.29, 0.717) is 30.3 Å². The average molecular weight is 497 g/mol. The first-order valence-electron chi connectivity index (χ1n) is 11.1. The molecule has 11 heteroatoms. The van der Waals surface area contributed by atoms with Gasteiger partial charge in [0.2, 0.25) is 0 Å². The van der Waals surface area contributed by atoms with Gasteiger partial charge in [0.1, 0.15) is 11.6 Å². The quantitative estimate of drug-likeness (QED) is 0.365. The highest BCUT2D eigenvalue weighted by molar-refractivity contribution is 6.31. The summed E-state index contributed by atoms with van der Waals surface area (Å²) in [7, 11) is 0. The Bertz CT molecular complexity index is 1440. The molecule has 0 aliphatic rings. The predicted molar refractivity (Wildman–Crippen MR) is 133 cm³/mol. The van der Waals surface area contributed by atoms with Crippen LogP contribution in [0.4, 0.5) is 11.5 Å². The van der Waals surface area contributed by atoms with Gasteiger partial charge in [-0.05, 0) is 30.2 Å². The number of furan rings is 1. The number of H-pyrrole nitrogens is 1. The molecule has 0 saturated carbocycles. The van der Waals surface area contributed by atoms with E-state index in [1.54, 1.807) is 29.1 Å². The lowest BCUT2D eigenvalue weighted by Gasteiger charge is -2.23. The molecule has 3 aromatic heterocycles. The molecule has 3 heterocycles. The molecular weight excluding hydrogens is 472 g/mol. The van der Waals surface area contributed by atoms with Crippen LogP contribution in [-0.4, -0.2) is 25.2 Å². The maximum Gasteiger partial charge on any atom is 0.330 e. The molecule has 0 atom stereocenters. The number of amides is 1. The fraction of sp³-hybridized carbons (Fsp3) is 0.250. The maximum absolute atomic E-state index is 13.6. The lowest BCUT2D eigenvalue weighted by Crippen LogP contribution is -2.40. The van der Waals surface area contributed by atoms with Gasteiger partial charge >= 0.3 is 5.69 Å². The van der Waals surface area contributed by atoms with Crippen LogP contribution in [-0.2, 0) is 19.6 Å². The molecule has 1 amide bonds. The molecule has 35 heavy (non-hydrogen) atoms. The molecular formula is C24H25ClN6O4. The summed E-state index contributed by atoms with van der Waals surface area (Å²) < 4.78 is 8.26. The summed E-state index contributed by atoms with van der Waals surface area (Å²) in [6.07, 6.45) is 5.94. The fourth-order valence-corrected chi connectivity index (χ4v) is 3.90. The second kappa shape index (κ2) is 10.5. The van der Waals surface area contributed by atoms with Crippen molar-refractivity contribution in [3.05, 3.63) is 97.8 Å². The molecule has 3 N–H and O–H groups in total. The van der Waals surface area contributed by atoms with E-state index < -0.39 is 17.2 Å². The highest BCUT2D eigenvalue weighted by Crippen LogP contribution is 2.23. The number of nitrogen functional groups attached to an aromatic ring is 1. The molecule has 4 rings (SSSR count). The summed E-state index contributed by atoms with van der Waals surface area (Å²) in [6, 6.07) is 10.7. The van der Waals surface area contributed by atoms with Crippen molar-refractivity contribution in [2.45, 2.75) is 39.4 Å². The summed E-state index contributed by atoms with van der Waals surface area (Å²) in [5.41, 5.74) is 5.84. The van der Waals surface area contributed by atoms with Gasteiger partial charge in [0.05, 0.1) is 31.1 Å². The molecule has 0 unspecified atom stereocenters. The van der Waals surface area contributed by atoms with Crippen molar-refractivity contribution >= 4 is 29.0 Å². The third-order valence-electron chi connectivity index (χ3n) is 5.53. The van der Waals surface area contributed by atoms with Crippen LogP contribution in [0.25, 0.3) is 0 Å². The summed E-state index contributed by atoms with van der Waals surface area (Å²) in [6.45, 7) is 2.57. The molecule has 0 saturated heterocycles. The Morgan fingerprint density at radius 3 is 2.74 bits per heavy atom. The molecule has 0 radical (unpaired) electrons. The number of hydrogen-bond acceptors (Lipinski definition) is 6. The van der Waals surface area contributed by atoms with Crippen LogP contribution >= 0.6 is 11.6 Å². The summed E-state index contributed by atoms with van der Waals surface area (Å²) in [4.78, 5) is 42.4. The number of benzene rings is 1. The van der Waals surface area contributed by atoms with E-state index in [2.05, 4.69) is 10.1 Å². The van der Waals surface area contributed by atoms with E-state index in [4.69, 9.17) is 21.8 Å². The largest absolute Gasteiger partial charge is 0.467 e. The number of aromatic nitrogens is 4. The predicted octanol–water partition coefficient (Wildman–Crippen LogP) is 3.26. The SMILES string of the molecule is CCCCn1c(N)c(N(Cc2ccco2)C(=O)c2cnn(Cc3ccccc3Cl)c2)c(=O)[nH]c1=O. The number of halogens is 1. The minimum absolute atomic E-state index is 0.0687. The van der Waals surface area contributed by atoms with Gasteiger partial charge < -0.3 is 10.2 Å². The normalized spacial score (nSPS) is 11.0. The summed E-state index contributed by atoms with van der Waals surface area (Å²) >= 11 is 6.25. The zero-order valence-corrected chi connectivity index (χ0v) is 19.9. The molecule has 1 aromatic carbocycles. The highest BCUT2D eigenvalue weighted by Gasteiger charge is 2.27. The van der Waals surface area contributed by atoms with Crippen LogP contribution in [0.1, 0.15) is 41.4 Å². The number of carbonyl (C=O) groups is 1. The molecule has 0 aliphatic heterocycles. The number of rotatable bonds is 9. The number of nitrogens with zero attached hydrogens (tertiary/aromatic N) is 4. The number of hydrogen-bond donors (Lipinski definition) is 2. The fourth-order valence-electron chi connectivity index (χ4n) is 3.70. The van der Waals surface area contributed by atoms with Crippen molar-refractivity contribution in [2.75, 3.05) is 10.6 Å². The highest BCUT2D eigenvalue weighted by atomic mass is 35.5. The topological polar surface area (TPSA) is 132 Å². The zero-order chi connectivity index (χ0) is 24.9. The Morgan fingerprint density at radius 1 is 1.23 bits per heavy atom. The standard InChI is InChI=1S/C24H25ClN6O4/c1-2-3-10-30-21(26)20(22(32)28-24(30)34)31(15-18-8-6-11-35-18)23(33)17-12-27-29(14-17)13-16-7-4-5-9-19(16)25/h4-9,11-12,14H,2-3,10,13,15,26H2,1H3,(H,28,32,34). The second-order valence-corrected chi connectivity index (χ2v) is 8.39. The Morgan fingerprint density at radius 2 is 2.03 bits per heavy atom. The van der Waals surface area contributed by atoms with Gasteiger partial charge in [-0.25, -0.2) is 4.79 Å². The lowest BCUT2D eigenvalue weighted by atomic mass is 10.2. The third-order valence-corrected chi connectivity index (χ3v) is 5.90. The van der Waals surface area contributed by atoms with E-state index in [1.807, 2.05) is 25.1 Å². The Hall–Kier alpha value is -4.05. The minimum atomic E-state index is -0.761. The van der Waals surface area contributed by atoms with E-state index in [1.165, 1.54) is 21.9 Å². The van der Waals surface area contributed by atoms with Crippen LogP contribution in [0, 0.1) is 0 Å². The summed E-state index contributed by atoms with van der Waals surface area (Å²) in [5.74, 6) is -0.174. The third kappa shape index (κ3) is 5.22. The van der Waals surface area contributed by atoms with Gasteiger partial charge in [-0.15, -0.1) is 0 Å². The average Bonchev–Trinajstić information content (AvgIpc) is 3.51. The molecule has 182 valence electrons. The molecule has 0 aliphatic carbocycles. The van der Waals surface area contributed by atoms with Gasteiger partial charge in [-0.1, -0.05) is 43.1 Å². The van der Waals surface area contributed by atoms with Crippen LogP contribution < -0.4 is 21.9 Å². The minimum Gasteiger partial charge on any atom is -0.467 e. The van der Waals surface area contributed by atoms with Gasteiger partial charge in [-0.2, -0.15) is 5.10 Å². The van der Waals surface area contributed by atoms with Crippen molar-refractivity contribution in [1.82, 2.24) is 19.3 Å². The van der Waals surface area contributed by atoms with Gasteiger partial charge in [0.15, 0.2) is 5.69 Å². The molecule has 0 fully saturated rings. The first-order valence-corrected chi connectivity index (χ1v) is 11.5. The van der Waals surface area contributed by atoms with Crippen molar-refractivity contribution in [1.29, 1.82) is 0 Å². The number of unbranched alkanes of at least 4 members (excludes halogenated alkanes) is 1. The first kappa shape index (κ1) is 24.1. The van der Waals surface area contributed by atoms with Gasteiger partial charge in [0.25, 0.3) is 11.5 Å². The number of nitrogens with one attached hydrogen (secondary N) is 1. The number of carbonyl (C=O) groups excluding carboxylic acids is 1. The van der Waals surface area contributed by atoms with Crippen molar-refractivity contribution in [2.24, 2.45) is 0 Å². The van der Waals surface area contributed by atoms with Crippen LogP contribution in [0.2, 0.25) is 5.02 Å². The van der Waals surface area contributed by atoms with Crippen molar-refractivity contribution < 1.29 is 9.21 Å². The van der Waals surface area contributed by atoms with Crippen LogP contribution in [0.3, 0.4) is 0 Å². The monoisotopic (exact) mass is 496 g/mol. The zero-order valence-electron chi connectivity index (χ0n) is 19.1. The number of anilines is 2. The first-order chi connectivity index (χ1) is 16.9. The summed E-state index contributed by atoms with van der Waals surface area (Å²) in [5, 5.41) is 4.87. The number of aromatic amines is 1. The molecule has 4 aromatic rings. The Kier molecular flexibility index (Phi) is 7.21. The van der Waals surface area contributed by atoms with Crippen LogP contribution in [0.15, 0.2) is 69.1 Å². The van der Waals surface area contributed by atoms with E-state index >= 15 is 0 Å². The van der Waals surface area contributed by atoms with Gasteiger partial charge in [-0.3, -0.25) is 28.7 Å². The number of nitrogens with two attached hydrogens (primary N) is 1. The Labute approximate surface area is 205 Å². The molecule has 0 spiro atoms. The lowest BCUT2D eigenvalue weighted by molar-refractivity contribution is 0.0982. The van der Waals surface area contributed by atoms with Gasteiger partial charge in [0, 0.05) is 17.8 Å². The van der Waals surface area contributed by atoms with Crippen molar-refractivity contribution in [3.8, 4) is 0 Å². The molecule has 10 nitrogen and oxygen atoms in total. The van der Waals surface area contributed by atoms with Crippen LogP contribution in [0.5, 0.6) is 0 Å². The van der Waals surface area contributed by atoms with Crippen molar-refractivity contribution in [3.63, 3.8) is 0 Å². The smallest absolute Gasteiger partial charge is 0.330 e.